The number of rotatable bonds is 4. The van der Waals surface area contributed by atoms with Crippen molar-refractivity contribution in [1.82, 2.24) is 14.8 Å². The number of pyridine rings is 1. The Balaban J connectivity index is 1.62. The Bertz CT molecular complexity index is 747. The lowest BCUT2D eigenvalue weighted by Crippen LogP contribution is -2.37. The van der Waals surface area contributed by atoms with Gasteiger partial charge in [-0.15, -0.1) is 0 Å². The van der Waals surface area contributed by atoms with Crippen LogP contribution >= 0.6 is 0 Å². The van der Waals surface area contributed by atoms with Crippen LogP contribution in [-0.4, -0.2) is 59.4 Å². The normalized spacial score (nSPS) is 14.7. The molecule has 3 rings (SSSR count). The Labute approximate surface area is 153 Å². The molecule has 2 aromatic rings. The molecule has 0 atom stereocenters. The molecule has 0 spiro atoms. The van der Waals surface area contributed by atoms with Gasteiger partial charge in [0.25, 0.3) is 11.8 Å². The van der Waals surface area contributed by atoms with Gasteiger partial charge in [0.05, 0.1) is 12.2 Å². The van der Waals surface area contributed by atoms with Crippen LogP contribution in [0.5, 0.6) is 5.88 Å². The molecular formula is C20H23N3O3. The third-order valence-corrected chi connectivity index (χ3v) is 4.37. The number of amides is 2. The molecule has 2 amide bonds. The van der Waals surface area contributed by atoms with Crippen molar-refractivity contribution in [2.75, 3.05) is 32.8 Å². The van der Waals surface area contributed by atoms with Crippen molar-refractivity contribution in [2.24, 2.45) is 0 Å². The minimum atomic E-state index is -0.0606. The average molecular weight is 353 g/mol. The van der Waals surface area contributed by atoms with E-state index >= 15 is 0 Å². The molecular weight excluding hydrogens is 330 g/mol. The number of carbonyl (C=O) groups is 2. The lowest BCUT2D eigenvalue weighted by molar-refractivity contribution is 0.0718. The Morgan fingerprint density at radius 3 is 2.15 bits per heavy atom. The van der Waals surface area contributed by atoms with E-state index < -0.39 is 0 Å². The summed E-state index contributed by atoms with van der Waals surface area (Å²) in [6.45, 7) is 4.76. The SMILES string of the molecule is CCOc1ccc(C(=O)N2CCCN(C(=O)c3ccccc3)CC2)cn1. The third-order valence-electron chi connectivity index (χ3n) is 4.37. The van der Waals surface area contributed by atoms with Crippen molar-refractivity contribution in [3.05, 3.63) is 59.8 Å². The number of benzene rings is 1. The number of hydrogen-bond donors (Lipinski definition) is 0. The molecule has 6 heteroatoms. The molecule has 1 aliphatic heterocycles. The first-order valence-electron chi connectivity index (χ1n) is 8.91. The minimum Gasteiger partial charge on any atom is -0.478 e. The standard InChI is InChI=1S/C20H23N3O3/c1-2-26-18-10-9-17(15-21-18)20(25)23-12-6-11-22(13-14-23)19(24)16-7-4-3-5-8-16/h3-5,7-10,15H,2,6,11-14H2,1H3. The zero-order chi connectivity index (χ0) is 18.4. The Hall–Kier alpha value is -2.89. The van der Waals surface area contributed by atoms with E-state index in [2.05, 4.69) is 4.98 Å². The molecule has 26 heavy (non-hydrogen) atoms. The van der Waals surface area contributed by atoms with Crippen LogP contribution in [0.15, 0.2) is 48.7 Å². The number of hydrogen-bond acceptors (Lipinski definition) is 4. The average Bonchev–Trinajstić information content (AvgIpc) is 2.95. The van der Waals surface area contributed by atoms with Crippen molar-refractivity contribution in [3.8, 4) is 5.88 Å². The number of ether oxygens (including phenoxy) is 1. The molecule has 1 aromatic carbocycles. The Kier molecular flexibility index (Phi) is 5.84. The summed E-state index contributed by atoms with van der Waals surface area (Å²) in [7, 11) is 0. The van der Waals surface area contributed by atoms with Crippen LogP contribution in [-0.2, 0) is 0 Å². The predicted octanol–water partition coefficient (Wildman–Crippen LogP) is 2.47. The molecule has 0 unspecified atom stereocenters. The summed E-state index contributed by atoms with van der Waals surface area (Å²) in [6.07, 6.45) is 2.31. The van der Waals surface area contributed by atoms with Crippen LogP contribution in [0.1, 0.15) is 34.1 Å². The van der Waals surface area contributed by atoms with Crippen molar-refractivity contribution in [3.63, 3.8) is 0 Å². The number of carbonyl (C=O) groups excluding carboxylic acids is 2. The van der Waals surface area contributed by atoms with Crippen molar-refractivity contribution < 1.29 is 14.3 Å². The van der Waals surface area contributed by atoms with Crippen LogP contribution in [0.3, 0.4) is 0 Å². The first-order chi connectivity index (χ1) is 12.7. The fourth-order valence-corrected chi connectivity index (χ4v) is 3.01. The summed E-state index contributed by atoms with van der Waals surface area (Å²) in [5, 5.41) is 0. The molecule has 1 aromatic heterocycles. The van der Waals surface area contributed by atoms with Crippen molar-refractivity contribution in [1.29, 1.82) is 0 Å². The molecule has 0 N–H and O–H groups in total. The first-order valence-corrected chi connectivity index (χ1v) is 8.91. The monoisotopic (exact) mass is 353 g/mol. The summed E-state index contributed by atoms with van der Waals surface area (Å²) >= 11 is 0. The maximum absolute atomic E-state index is 12.7. The van der Waals surface area contributed by atoms with Gasteiger partial charge >= 0.3 is 0 Å². The Morgan fingerprint density at radius 2 is 1.58 bits per heavy atom. The quantitative estimate of drug-likeness (QED) is 0.847. The second-order valence-electron chi connectivity index (χ2n) is 6.12. The highest BCUT2D eigenvalue weighted by Crippen LogP contribution is 2.13. The summed E-state index contributed by atoms with van der Waals surface area (Å²) in [5.41, 5.74) is 1.22. The van der Waals surface area contributed by atoms with E-state index in [0.29, 0.717) is 49.8 Å². The molecule has 6 nitrogen and oxygen atoms in total. The fraction of sp³-hybridized carbons (Fsp3) is 0.350. The van der Waals surface area contributed by atoms with E-state index in [0.717, 1.165) is 6.42 Å². The van der Waals surface area contributed by atoms with Gasteiger partial charge in [0.1, 0.15) is 0 Å². The summed E-state index contributed by atoms with van der Waals surface area (Å²) in [4.78, 5) is 33.1. The van der Waals surface area contributed by atoms with Gasteiger partial charge in [0, 0.05) is 44.0 Å². The number of nitrogens with zero attached hydrogens (tertiary/aromatic N) is 3. The van der Waals surface area contributed by atoms with Crippen molar-refractivity contribution >= 4 is 11.8 Å². The second-order valence-corrected chi connectivity index (χ2v) is 6.12. The lowest BCUT2D eigenvalue weighted by atomic mass is 10.2. The highest BCUT2D eigenvalue weighted by molar-refractivity contribution is 5.95. The number of aromatic nitrogens is 1. The van der Waals surface area contributed by atoms with Gasteiger partial charge in [0.15, 0.2) is 0 Å². The smallest absolute Gasteiger partial charge is 0.255 e. The third kappa shape index (κ3) is 4.20. The predicted molar refractivity (Wildman–Crippen MR) is 98.3 cm³/mol. The van der Waals surface area contributed by atoms with Crippen LogP contribution in [0.25, 0.3) is 0 Å². The lowest BCUT2D eigenvalue weighted by Gasteiger charge is -2.22. The zero-order valence-corrected chi connectivity index (χ0v) is 14.9. The topological polar surface area (TPSA) is 62.7 Å². The first kappa shape index (κ1) is 17.9. The summed E-state index contributed by atoms with van der Waals surface area (Å²) in [5.74, 6) is 0.469. The van der Waals surface area contributed by atoms with E-state index in [4.69, 9.17) is 4.74 Å². The molecule has 1 fully saturated rings. The maximum atomic E-state index is 12.7. The second kappa shape index (κ2) is 8.47. The summed E-state index contributed by atoms with van der Waals surface area (Å²) in [6, 6.07) is 12.7. The molecule has 136 valence electrons. The minimum absolute atomic E-state index is 0.0163. The van der Waals surface area contributed by atoms with Crippen LogP contribution in [0.2, 0.25) is 0 Å². The van der Waals surface area contributed by atoms with Crippen LogP contribution in [0.4, 0.5) is 0 Å². The van der Waals surface area contributed by atoms with Gasteiger partial charge in [-0.3, -0.25) is 9.59 Å². The fourth-order valence-electron chi connectivity index (χ4n) is 3.01. The highest BCUT2D eigenvalue weighted by Gasteiger charge is 2.23. The van der Waals surface area contributed by atoms with E-state index in [1.165, 1.54) is 0 Å². The summed E-state index contributed by atoms with van der Waals surface area (Å²) < 4.78 is 5.31. The van der Waals surface area contributed by atoms with E-state index in [1.54, 1.807) is 23.2 Å². The maximum Gasteiger partial charge on any atom is 0.255 e. The van der Waals surface area contributed by atoms with Gasteiger partial charge in [0.2, 0.25) is 5.88 Å². The highest BCUT2D eigenvalue weighted by atomic mass is 16.5. The molecule has 0 aliphatic carbocycles. The van der Waals surface area contributed by atoms with Gasteiger partial charge in [-0.1, -0.05) is 18.2 Å². The van der Waals surface area contributed by atoms with Crippen molar-refractivity contribution in [2.45, 2.75) is 13.3 Å². The molecule has 1 saturated heterocycles. The van der Waals surface area contributed by atoms with Crippen LogP contribution < -0.4 is 4.74 Å². The van der Waals surface area contributed by atoms with Crippen LogP contribution in [0, 0.1) is 0 Å². The van der Waals surface area contributed by atoms with Gasteiger partial charge in [-0.05, 0) is 31.5 Å². The molecule has 0 radical (unpaired) electrons. The molecule has 0 saturated carbocycles. The molecule has 2 heterocycles. The van der Waals surface area contributed by atoms with Gasteiger partial charge in [-0.25, -0.2) is 4.98 Å². The van der Waals surface area contributed by atoms with E-state index in [-0.39, 0.29) is 11.8 Å². The van der Waals surface area contributed by atoms with Gasteiger partial charge in [-0.2, -0.15) is 0 Å². The Morgan fingerprint density at radius 1 is 0.923 bits per heavy atom. The van der Waals surface area contributed by atoms with Gasteiger partial charge < -0.3 is 14.5 Å². The molecule has 0 bridgehead atoms. The van der Waals surface area contributed by atoms with E-state index in [9.17, 15) is 9.59 Å². The van der Waals surface area contributed by atoms with E-state index in [1.807, 2.05) is 42.2 Å². The largest absolute Gasteiger partial charge is 0.478 e. The molecule has 1 aliphatic rings. The zero-order valence-electron chi connectivity index (χ0n) is 14.9.